The molecule has 710 valence electrons. The van der Waals surface area contributed by atoms with Gasteiger partial charge in [0.05, 0.1) is 27.8 Å². The molecule has 0 N–H and O–H groups in total. The molecule has 22 rings (SSSR count). The lowest BCUT2D eigenvalue weighted by Crippen LogP contribution is -2.31. The topological polar surface area (TPSA) is 150 Å². The van der Waals surface area contributed by atoms with Crippen LogP contribution >= 0.6 is 0 Å². The predicted molar refractivity (Wildman–Crippen MR) is 569 cm³/mol. The number of nitrogens with zero attached hydrogens (tertiary/aromatic N) is 10. The van der Waals surface area contributed by atoms with Gasteiger partial charge in [-0.15, -0.1) is 0 Å². The third-order valence-electron chi connectivity index (χ3n) is 27.2. The Morgan fingerprint density at radius 2 is 0.633 bits per heavy atom. The van der Waals surface area contributed by atoms with Gasteiger partial charge in [-0.2, -0.15) is 0 Å². The fourth-order valence-electron chi connectivity index (χ4n) is 19.1. The lowest BCUT2D eigenvalue weighted by Gasteiger charge is -2.20. The van der Waals surface area contributed by atoms with Crippen LogP contribution in [0.15, 0.2) is 235 Å². The maximum absolute atomic E-state index is 9.02. The van der Waals surface area contributed by atoms with E-state index in [-0.39, 0.29) is 25.0 Å². The van der Waals surface area contributed by atoms with Gasteiger partial charge in [0.15, 0.2) is 58.9 Å². The molecule has 5 aromatic carbocycles. The Hall–Kier alpha value is -13.4. The first-order valence-electron chi connectivity index (χ1n) is 59.3. The number of pyridine rings is 10. The van der Waals surface area contributed by atoms with Crippen LogP contribution in [0.25, 0.3) is 167 Å². The molecule has 2 fully saturated rings. The van der Waals surface area contributed by atoms with Crippen molar-refractivity contribution in [2.75, 3.05) is 0 Å². The van der Waals surface area contributed by atoms with Gasteiger partial charge in [-0.25, -0.2) is 47.8 Å². The van der Waals surface area contributed by atoms with Gasteiger partial charge in [0.1, 0.15) is 35.2 Å². The zero-order valence-corrected chi connectivity index (χ0v) is 83.6. The summed E-state index contributed by atoms with van der Waals surface area (Å²) in [6, 6.07) is 59.1. The highest BCUT2D eigenvalue weighted by atomic mass is 16.4. The molecule has 3 atom stereocenters. The average Bonchev–Trinajstić information content (AvgIpc) is 0.938. The minimum absolute atomic E-state index is 0.0735. The molecule has 15 aromatic heterocycles. The van der Waals surface area contributed by atoms with Crippen LogP contribution in [0, 0.1) is 47.0 Å². The Balaban J connectivity index is 0.000000130. The molecular weight excluding hydrogens is 1710 g/mol. The van der Waals surface area contributed by atoms with Gasteiger partial charge >= 0.3 is 0 Å². The Morgan fingerprint density at radius 1 is 0.345 bits per heavy atom. The van der Waals surface area contributed by atoms with Crippen molar-refractivity contribution in [1.82, 2.24) is 24.9 Å². The summed E-state index contributed by atoms with van der Waals surface area (Å²) in [4.78, 5) is 23.0. The first kappa shape index (κ1) is 72.0. The third kappa shape index (κ3) is 19.3. The third-order valence-corrected chi connectivity index (χ3v) is 27.2. The first-order chi connectivity index (χ1) is 75.2. The summed E-state index contributed by atoms with van der Waals surface area (Å²) in [5.41, 5.74) is 26.1. The Morgan fingerprint density at radius 3 is 0.964 bits per heavy atom. The minimum Gasteiger partial charge on any atom is -0.437 e. The minimum atomic E-state index is -2.68. The summed E-state index contributed by atoms with van der Waals surface area (Å²) in [5, 5.41) is 9.09. The fourth-order valence-corrected chi connectivity index (χ4v) is 19.1. The number of fused-ring (bicyclic) bond motifs is 15. The van der Waals surface area contributed by atoms with Crippen molar-refractivity contribution in [3.8, 4) is 56.3 Å². The van der Waals surface area contributed by atoms with Crippen molar-refractivity contribution in [2.45, 2.75) is 250 Å². The van der Waals surface area contributed by atoms with Gasteiger partial charge in [0.2, 0.25) is 57.0 Å². The molecule has 20 aromatic rings. The Kier molecular flexibility index (Phi) is 20.4. The number of aryl methyl sites for hydroxylation is 12. The molecule has 2 saturated carbocycles. The van der Waals surface area contributed by atoms with E-state index in [1.54, 1.807) is 54.9 Å². The fraction of sp³-hybridized carbons (Fsp3) is 0.355. The number of aromatic nitrogens is 10. The second-order valence-corrected chi connectivity index (χ2v) is 38.8. The van der Waals surface area contributed by atoms with Crippen molar-refractivity contribution < 1.29 is 75.1 Å². The predicted octanol–water partition coefficient (Wildman–Crippen LogP) is 30.7. The number of hydrogen-bond donors (Lipinski definition) is 0. The van der Waals surface area contributed by atoms with E-state index in [2.05, 4.69) is 162 Å². The molecule has 2 aliphatic rings. The summed E-state index contributed by atoms with van der Waals surface area (Å²) in [6.07, 6.45) is 6.94. The zero-order chi connectivity index (χ0) is 117. The molecule has 0 spiro atoms. The molecule has 15 heteroatoms. The van der Waals surface area contributed by atoms with Crippen LogP contribution in [0.1, 0.15) is 310 Å². The maximum Gasteiger partial charge on any atom is 0.227 e. The monoisotopic (exact) mass is 1870 g/mol. The smallest absolute Gasteiger partial charge is 0.227 e. The van der Waals surface area contributed by atoms with Gasteiger partial charge in [0.25, 0.3) is 0 Å². The quantitative estimate of drug-likeness (QED) is 0.0963. The van der Waals surface area contributed by atoms with Crippen LogP contribution in [-0.2, 0) is 48.1 Å². The highest BCUT2D eigenvalue weighted by molar-refractivity contribution is 6.13. The molecule has 139 heavy (non-hydrogen) atoms. The van der Waals surface area contributed by atoms with E-state index in [4.69, 9.17) is 57.2 Å². The van der Waals surface area contributed by atoms with E-state index in [1.807, 2.05) is 164 Å². The molecular formula is C124H139N10O5+5. The lowest BCUT2D eigenvalue weighted by molar-refractivity contribution is -0.660. The van der Waals surface area contributed by atoms with Gasteiger partial charge in [-0.3, -0.25) is 0 Å². The molecule has 15 heterocycles. The summed E-state index contributed by atoms with van der Waals surface area (Å²) >= 11 is 0. The molecule has 0 saturated heterocycles. The van der Waals surface area contributed by atoms with Crippen LogP contribution in [0.3, 0.4) is 0 Å². The van der Waals surface area contributed by atoms with Gasteiger partial charge < -0.3 is 22.1 Å². The molecule has 15 nitrogen and oxygen atoms in total. The Labute approximate surface area is 850 Å². The second-order valence-electron chi connectivity index (χ2n) is 38.8. The molecule has 2 aliphatic carbocycles. The van der Waals surface area contributed by atoms with Gasteiger partial charge in [-0.1, -0.05) is 189 Å². The van der Waals surface area contributed by atoms with Crippen molar-refractivity contribution in [3.63, 3.8) is 0 Å². The number of hydrogen-bond acceptors (Lipinski definition) is 10. The van der Waals surface area contributed by atoms with Crippen molar-refractivity contribution in [3.05, 3.63) is 297 Å². The van der Waals surface area contributed by atoms with Crippen molar-refractivity contribution >= 4 is 110 Å². The van der Waals surface area contributed by atoms with E-state index >= 15 is 0 Å². The number of furan rings is 5. The van der Waals surface area contributed by atoms with Gasteiger partial charge in [-0.05, 0) is 231 Å². The largest absolute Gasteiger partial charge is 0.437 e. The van der Waals surface area contributed by atoms with Crippen LogP contribution in [0.5, 0.6) is 0 Å². The maximum atomic E-state index is 9.02. The molecule has 0 amide bonds. The average molecular weight is 1870 g/mol. The second kappa shape index (κ2) is 39.5. The highest BCUT2D eigenvalue weighted by Gasteiger charge is 2.32. The molecule has 0 aliphatic heterocycles. The van der Waals surface area contributed by atoms with E-state index in [1.165, 1.54) is 37.5 Å². The van der Waals surface area contributed by atoms with E-state index in [0.29, 0.717) is 111 Å². The van der Waals surface area contributed by atoms with Gasteiger partial charge in [0, 0.05) is 185 Å². The molecule has 3 unspecified atom stereocenters. The number of rotatable bonds is 14. The summed E-state index contributed by atoms with van der Waals surface area (Å²) < 4.78 is 221. The van der Waals surface area contributed by atoms with Crippen LogP contribution in [-0.4, -0.2) is 24.9 Å². The summed E-state index contributed by atoms with van der Waals surface area (Å²) in [7, 11) is 9.86. The summed E-state index contributed by atoms with van der Waals surface area (Å²) in [6.45, 7) is 21.1. The molecule has 0 radical (unpaired) electrons. The first-order valence-corrected chi connectivity index (χ1v) is 48.3. The van der Waals surface area contributed by atoms with Crippen LogP contribution in [0.2, 0.25) is 0 Å². The zero-order valence-electron chi connectivity index (χ0n) is 106. The van der Waals surface area contributed by atoms with Crippen LogP contribution < -0.4 is 22.8 Å². The molecule has 0 bridgehead atoms. The highest BCUT2D eigenvalue weighted by Crippen LogP contribution is 2.46. The normalized spacial score (nSPS) is 19.2. The van der Waals surface area contributed by atoms with Crippen molar-refractivity contribution in [1.29, 1.82) is 0 Å². The SMILES string of the molecule is [2H]C([2H])([2H])C(C)(Cc1ccc2c(n1)oc1c(-c3cc(C(C)C)cc[n+]3C)c(C)ccc12)C([2H])([2H])[2H].[2H]C([2H])([2H])C([2H])(C)c1cc[n+](C)c(-c2c(C)ccc3c2oc2nc(C)ccc23)c1.[2H]C([2H])([2H])C([2H])(C)c1cc[n+](C)c(-c2c(C)ccc3c2oc2nc(CC)ccc23)c1.[2H]C1([2H])CCCC([2H])([2H])C1([2H])c1ccc2c(n1)oc1c(-c3cc(C(C)C)cc[n+]3C)c(C)ccc12.[2H]C1([2H])CCCC1([2H])c1ccc2c(n1)oc1c(-c3cc(C(C)C)cc[n+]3C)c(C)ccc12. The summed E-state index contributed by atoms with van der Waals surface area (Å²) in [5.74, 6) is -5.72. The standard InChI is InChI=1S/C27H31N2O.C26H29N2O.C26H31N2O.C23H25N2O.C22H23N2O/c1-17(2)20-14-15-29(4)24(16-20)25-18(3)10-11-21-22-12-13-23(19-8-6-5-7-9-19)28-27(22)30-26(21)25;1-16(2)19-13-14-28(4)23(15-19)24-17(3)9-10-20-21-11-12-22(18-7-5-6-8-18)27-26(21)29-25(20)24;1-16(2)18-12-13-28(7)22(14-18)23-17(3)8-10-20-21-11-9-19(15-26(4,5)6)27-25(21)29-24(20)23;1-6-17-8-10-19-18-9-7-15(4)21(22(18)26-23(19)24-17)20-13-16(14(2)3)11-12-25(20)5;1-13(2)16-10-11-24(5)19(12-16)20-14(3)6-8-17-18-9-7-15(4)23-22(18)25-21(17)20/h10-17,19H,5-9H2,1-4H3;9-16,18H,5-8H2,1-4H3;8-14,16H,15H2,1-7H3;7-14H,6H2,1-5H3;6-13H,1-5H3/q5*+1/i8D2,9D2,19D;7D2,18D;4D3,5D3;2D3,14D;1D3,13D. The Bertz CT molecular complexity index is 9150. The number of benzene rings is 5. The van der Waals surface area contributed by atoms with E-state index in [9.17, 15) is 0 Å². The van der Waals surface area contributed by atoms with Crippen molar-refractivity contribution in [2.24, 2.45) is 40.7 Å². The van der Waals surface area contributed by atoms with Crippen LogP contribution in [0.4, 0.5) is 0 Å². The lowest BCUT2D eigenvalue weighted by atomic mass is 9.86. The van der Waals surface area contributed by atoms with E-state index in [0.717, 1.165) is 167 Å². The van der Waals surface area contributed by atoms with E-state index < -0.39 is 75.5 Å².